The first kappa shape index (κ1) is 13.8. The first-order valence-corrected chi connectivity index (χ1v) is 7.39. The van der Waals surface area contributed by atoms with E-state index in [2.05, 4.69) is 34.2 Å². The van der Waals surface area contributed by atoms with Crippen molar-refractivity contribution in [2.24, 2.45) is 0 Å². The van der Waals surface area contributed by atoms with Gasteiger partial charge in [-0.3, -0.25) is 0 Å². The summed E-state index contributed by atoms with van der Waals surface area (Å²) in [5.41, 5.74) is 2.58. The van der Waals surface area contributed by atoms with Gasteiger partial charge in [0.15, 0.2) is 0 Å². The number of nitrogens with one attached hydrogen (secondary N) is 1. The summed E-state index contributed by atoms with van der Waals surface area (Å²) in [6.07, 6.45) is 6.97. The van der Waals surface area contributed by atoms with Gasteiger partial charge in [-0.1, -0.05) is 40.6 Å². The minimum Gasteiger partial charge on any atom is -0.307 e. The molecule has 1 nitrogen and oxygen atoms in total. The van der Waals surface area contributed by atoms with Crippen molar-refractivity contribution in [3.8, 4) is 0 Å². The second-order valence-corrected chi connectivity index (χ2v) is 5.58. The summed E-state index contributed by atoms with van der Waals surface area (Å²) in [7, 11) is 0. The molecule has 3 heteroatoms. The van der Waals surface area contributed by atoms with Crippen LogP contribution in [0.1, 0.15) is 44.2 Å². The zero-order chi connectivity index (χ0) is 13.0. The van der Waals surface area contributed by atoms with Gasteiger partial charge in [0.25, 0.3) is 0 Å². The Bertz CT molecular complexity index is 442. The van der Waals surface area contributed by atoms with Crippen LogP contribution in [0.2, 0.25) is 0 Å². The van der Waals surface area contributed by atoms with E-state index in [1.165, 1.54) is 24.5 Å². The standard InChI is InChI=1S/C15H19BrFN/c1-2-9-18-15(11-5-3-4-6-11)13-8-7-12(17)10-14(13)16/h5,7-8,10,15,18H,2-4,6,9H2,1H3. The molecule has 0 saturated heterocycles. The average Bonchev–Trinajstić information content (AvgIpc) is 2.85. The molecule has 1 aromatic rings. The van der Waals surface area contributed by atoms with Crippen LogP contribution in [0.3, 0.4) is 0 Å². The van der Waals surface area contributed by atoms with E-state index in [4.69, 9.17) is 0 Å². The third kappa shape index (κ3) is 3.21. The Balaban J connectivity index is 2.26. The van der Waals surface area contributed by atoms with Crippen LogP contribution in [0.5, 0.6) is 0 Å². The van der Waals surface area contributed by atoms with Gasteiger partial charge < -0.3 is 5.32 Å². The van der Waals surface area contributed by atoms with Gasteiger partial charge in [0.2, 0.25) is 0 Å². The van der Waals surface area contributed by atoms with E-state index in [-0.39, 0.29) is 11.9 Å². The van der Waals surface area contributed by atoms with Crippen molar-refractivity contribution in [2.45, 2.75) is 38.6 Å². The van der Waals surface area contributed by atoms with E-state index in [1.807, 2.05) is 6.07 Å². The molecule has 0 fully saturated rings. The van der Waals surface area contributed by atoms with Gasteiger partial charge in [-0.2, -0.15) is 0 Å². The molecule has 1 aliphatic rings. The van der Waals surface area contributed by atoms with Crippen LogP contribution in [0.25, 0.3) is 0 Å². The summed E-state index contributed by atoms with van der Waals surface area (Å²) in [6.45, 7) is 3.14. The lowest BCUT2D eigenvalue weighted by Gasteiger charge is -2.22. The minimum absolute atomic E-state index is 0.194. The molecular formula is C15H19BrFN. The predicted octanol–water partition coefficient (Wildman–Crippen LogP) is 4.74. The fraction of sp³-hybridized carbons (Fsp3) is 0.467. The number of benzene rings is 1. The Morgan fingerprint density at radius 1 is 1.44 bits per heavy atom. The van der Waals surface area contributed by atoms with E-state index in [1.54, 1.807) is 6.07 Å². The number of hydrogen-bond acceptors (Lipinski definition) is 1. The van der Waals surface area contributed by atoms with E-state index < -0.39 is 0 Å². The zero-order valence-corrected chi connectivity index (χ0v) is 12.3. The van der Waals surface area contributed by atoms with E-state index >= 15 is 0 Å². The van der Waals surface area contributed by atoms with Crippen LogP contribution in [0, 0.1) is 5.82 Å². The smallest absolute Gasteiger partial charge is 0.124 e. The molecule has 0 bridgehead atoms. The van der Waals surface area contributed by atoms with Crippen LogP contribution < -0.4 is 5.32 Å². The quantitative estimate of drug-likeness (QED) is 0.774. The van der Waals surface area contributed by atoms with Crippen LogP contribution in [0.15, 0.2) is 34.3 Å². The summed E-state index contributed by atoms with van der Waals surface area (Å²) in [5.74, 6) is -0.194. The fourth-order valence-corrected chi connectivity index (χ4v) is 3.00. The summed E-state index contributed by atoms with van der Waals surface area (Å²) in [6, 6.07) is 5.19. The van der Waals surface area contributed by atoms with Crippen molar-refractivity contribution < 1.29 is 4.39 Å². The Hall–Kier alpha value is -0.670. The van der Waals surface area contributed by atoms with Crippen molar-refractivity contribution in [1.82, 2.24) is 5.32 Å². The van der Waals surface area contributed by atoms with Crippen LogP contribution in [-0.4, -0.2) is 6.54 Å². The maximum Gasteiger partial charge on any atom is 0.124 e. The van der Waals surface area contributed by atoms with Gasteiger partial charge in [0.1, 0.15) is 5.82 Å². The second kappa shape index (κ2) is 6.48. The third-order valence-electron chi connectivity index (χ3n) is 3.32. The molecule has 0 aliphatic heterocycles. The maximum absolute atomic E-state index is 13.2. The van der Waals surface area contributed by atoms with Gasteiger partial charge >= 0.3 is 0 Å². The highest BCUT2D eigenvalue weighted by Gasteiger charge is 2.20. The molecule has 98 valence electrons. The van der Waals surface area contributed by atoms with Crippen LogP contribution in [0.4, 0.5) is 4.39 Å². The van der Waals surface area contributed by atoms with Crippen molar-refractivity contribution in [1.29, 1.82) is 0 Å². The molecule has 1 aromatic carbocycles. The molecule has 1 aliphatic carbocycles. The molecule has 1 atom stereocenters. The lowest BCUT2D eigenvalue weighted by molar-refractivity contribution is 0.573. The zero-order valence-electron chi connectivity index (χ0n) is 10.7. The van der Waals surface area contributed by atoms with Gasteiger partial charge in [-0.05, 0) is 49.9 Å². The van der Waals surface area contributed by atoms with Crippen molar-refractivity contribution in [2.75, 3.05) is 6.54 Å². The van der Waals surface area contributed by atoms with Crippen LogP contribution in [-0.2, 0) is 0 Å². The largest absolute Gasteiger partial charge is 0.307 e. The Morgan fingerprint density at radius 2 is 2.28 bits per heavy atom. The third-order valence-corrected chi connectivity index (χ3v) is 4.01. The molecule has 0 amide bonds. The summed E-state index contributed by atoms with van der Waals surface area (Å²) >= 11 is 3.48. The topological polar surface area (TPSA) is 12.0 Å². The number of rotatable bonds is 5. The highest BCUT2D eigenvalue weighted by molar-refractivity contribution is 9.10. The summed E-state index contributed by atoms with van der Waals surface area (Å²) in [5, 5.41) is 3.57. The predicted molar refractivity (Wildman–Crippen MR) is 77.1 cm³/mol. The molecule has 0 aromatic heterocycles. The number of hydrogen-bond donors (Lipinski definition) is 1. The molecule has 0 heterocycles. The Kier molecular flexibility index (Phi) is 4.95. The highest BCUT2D eigenvalue weighted by atomic mass is 79.9. The van der Waals surface area contributed by atoms with Crippen LogP contribution >= 0.6 is 15.9 Å². The van der Waals surface area contributed by atoms with Gasteiger partial charge in [-0.25, -0.2) is 4.39 Å². The molecular weight excluding hydrogens is 293 g/mol. The molecule has 18 heavy (non-hydrogen) atoms. The number of halogens is 2. The van der Waals surface area contributed by atoms with E-state index in [9.17, 15) is 4.39 Å². The summed E-state index contributed by atoms with van der Waals surface area (Å²) in [4.78, 5) is 0. The normalized spacial score (nSPS) is 16.7. The molecule has 1 unspecified atom stereocenters. The van der Waals surface area contributed by atoms with E-state index in [0.29, 0.717) is 0 Å². The maximum atomic E-state index is 13.2. The molecule has 0 saturated carbocycles. The first-order chi connectivity index (χ1) is 8.72. The van der Waals surface area contributed by atoms with Crippen molar-refractivity contribution in [3.63, 3.8) is 0 Å². The molecule has 0 radical (unpaired) electrons. The average molecular weight is 312 g/mol. The molecule has 1 N–H and O–H groups in total. The monoisotopic (exact) mass is 311 g/mol. The van der Waals surface area contributed by atoms with Gasteiger partial charge in [-0.15, -0.1) is 0 Å². The lowest BCUT2D eigenvalue weighted by atomic mass is 9.98. The van der Waals surface area contributed by atoms with Gasteiger partial charge in [0, 0.05) is 4.47 Å². The van der Waals surface area contributed by atoms with E-state index in [0.717, 1.165) is 29.4 Å². The SMILES string of the molecule is CCCNC(C1=CCCC1)c1ccc(F)cc1Br. The number of allylic oxidation sites excluding steroid dienone is 1. The minimum atomic E-state index is -0.194. The molecule has 2 rings (SSSR count). The first-order valence-electron chi connectivity index (χ1n) is 6.59. The highest BCUT2D eigenvalue weighted by Crippen LogP contribution is 2.34. The summed E-state index contributed by atoms with van der Waals surface area (Å²) < 4.78 is 14.0. The second-order valence-electron chi connectivity index (χ2n) is 4.72. The Labute approximate surface area is 117 Å². The Morgan fingerprint density at radius 3 is 2.89 bits per heavy atom. The fourth-order valence-electron chi connectivity index (χ4n) is 2.42. The lowest BCUT2D eigenvalue weighted by Crippen LogP contribution is -2.24. The van der Waals surface area contributed by atoms with Crippen molar-refractivity contribution in [3.05, 3.63) is 45.7 Å². The molecule has 0 spiro atoms. The van der Waals surface area contributed by atoms with Gasteiger partial charge in [0.05, 0.1) is 6.04 Å². The van der Waals surface area contributed by atoms with Crippen molar-refractivity contribution >= 4 is 15.9 Å².